The lowest BCUT2D eigenvalue weighted by Gasteiger charge is -2.28. The number of anilines is 1. The molecule has 1 aliphatic carbocycles. The number of fused-ring (bicyclic) bond motifs is 1. The molecule has 1 amide bonds. The van der Waals surface area contributed by atoms with Crippen molar-refractivity contribution in [3.05, 3.63) is 42.0 Å². The molecule has 1 aliphatic heterocycles. The van der Waals surface area contributed by atoms with Crippen molar-refractivity contribution in [2.45, 2.75) is 19.3 Å². The van der Waals surface area contributed by atoms with Crippen LogP contribution in [0.4, 0.5) is 5.69 Å². The number of carbonyl (C=O) groups excluding carboxylic acids is 1. The monoisotopic (exact) mass is 271 g/mol. The summed E-state index contributed by atoms with van der Waals surface area (Å²) in [4.78, 5) is 25.8. The Hall–Kier alpha value is -2.10. The molecule has 2 aliphatic rings. The normalized spacial score (nSPS) is 24.5. The number of hydrogen-bond donors (Lipinski definition) is 1. The van der Waals surface area contributed by atoms with Gasteiger partial charge in [-0.25, -0.2) is 0 Å². The molecule has 0 fully saturated rings. The summed E-state index contributed by atoms with van der Waals surface area (Å²) in [5, 5.41) is 9.29. The van der Waals surface area contributed by atoms with E-state index in [0.717, 1.165) is 12.1 Å². The lowest BCUT2D eigenvalue weighted by atomic mass is 9.82. The van der Waals surface area contributed by atoms with Gasteiger partial charge in [-0.2, -0.15) is 0 Å². The van der Waals surface area contributed by atoms with Gasteiger partial charge in [0.1, 0.15) is 0 Å². The number of benzene rings is 1. The summed E-state index contributed by atoms with van der Waals surface area (Å²) in [5.74, 6) is -1.96. The number of carboxylic acid groups (broad SMARTS) is 1. The van der Waals surface area contributed by atoms with E-state index >= 15 is 0 Å². The van der Waals surface area contributed by atoms with Gasteiger partial charge >= 0.3 is 5.97 Å². The highest BCUT2D eigenvalue weighted by Gasteiger charge is 2.38. The molecular weight excluding hydrogens is 254 g/mol. The van der Waals surface area contributed by atoms with Gasteiger partial charge in [0.2, 0.25) is 5.91 Å². The minimum Gasteiger partial charge on any atom is -0.481 e. The molecule has 1 heterocycles. The molecule has 20 heavy (non-hydrogen) atoms. The molecular formula is C16H17NO3. The molecule has 0 saturated heterocycles. The number of allylic oxidation sites excluding steroid dienone is 2. The van der Waals surface area contributed by atoms with Gasteiger partial charge in [-0.05, 0) is 30.9 Å². The lowest BCUT2D eigenvalue weighted by Crippen LogP contribution is -2.41. The van der Waals surface area contributed by atoms with Gasteiger partial charge < -0.3 is 10.0 Å². The maximum atomic E-state index is 12.7. The number of para-hydroxylation sites is 1. The zero-order valence-electron chi connectivity index (χ0n) is 11.2. The molecule has 0 bridgehead atoms. The average Bonchev–Trinajstić information content (AvgIpc) is 2.90. The number of nitrogens with zero attached hydrogens (tertiary/aromatic N) is 1. The Balaban J connectivity index is 1.86. The van der Waals surface area contributed by atoms with Crippen LogP contribution in [0.5, 0.6) is 0 Å². The highest BCUT2D eigenvalue weighted by Crippen LogP contribution is 2.33. The second-order valence-corrected chi connectivity index (χ2v) is 5.36. The first-order valence-electron chi connectivity index (χ1n) is 6.95. The second kappa shape index (κ2) is 5.12. The summed E-state index contributed by atoms with van der Waals surface area (Å²) < 4.78 is 0. The Morgan fingerprint density at radius 3 is 2.55 bits per heavy atom. The van der Waals surface area contributed by atoms with Crippen LogP contribution in [-0.4, -0.2) is 23.5 Å². The van der Waals surface area contributed by atoms with E-state index in [-0.39, 0.29) is 5.91 Å². The van der Waals surface area contributed by atoms with E-state index in [1.165, 1.54) is 5.56 Å². The predicted octanol–water partition coefficient (Wildman–Crippen LogP) is 2.24. The molecule has 4 nitrogen and oxygen atoms in total. The highest BCUT2D eigenvalue weighted by molar-refractivity contribution is 5.99. The van der Waals surface area contributed by atoms with Gasteiger partial charge in [-0.15, -0.1) is 0 Å². The van der Waals surface area contributed by atoms with Crippen LogP contribution in [0.2, 0.25) is 0 Å². The molecule has 0 unspecified atom stereocenters. The third-order valence-electron chi connectivity index (χ3n) is 4.22. The Morgan fingerprint density at radius 1 is 1.10 bits per heavy atom. The molecule has 1 N–H and O–H groups in total. The second-order valence-electron chi connectivity index (χ2n) is 5.36. The minimum absolute atomic E-state index is 0.0494. The van der Waals surface area contributed by atoms with E-state index < -0.39 is 17.8 Å². The van der Waals surface area contributed by atoms with Crippen LogP contribution in [0.3, 0.4) is 0 Å². The van der Waals surface area contributed by atoms with Crippen LogP contribution in [0.15, 0.2) is 36.4 Å². The zero-order valence-corrected chi connectivity index (χ0v) is 11.2. The summed E-state index contributed by atoms with van der Waals surface area (Å²) in [6, 6.07) is 7.85. The van der Waals surface area contributed by atoms with Gasteiger partial charge in [-0.1, -0.05) is 30.4 Å². The molecule has 3 rings (SSSR count). The van der Waals surface area contributed by atoms with E-state index in [9.17, 15) is 14.7 Å². The molecule has 1 aromatic rings. The third kappa shape index (κ3) is 2.11. The van der Waals surface area contributed by atoms with Crippen LogP contribution in [-0.2, 0) is 16.0 Å². The summed E-state index contributed by atoms with van der Waals surface area (Å²) in [6.45, 7) is 0.657. The fourth-order valence-electron chi connectivity index (χ4n) is 3.13. The summed E-state index contributed by atoms with van der Waals surface area (Å²) in [6.07, 6.45) is 5.60. The first-order valence-corrected chi connectivity index (χ1v) is 6.95. The van der Waals surface area contributed by atoms with Crippen molar-refractivity contribution in [1.29, 1.82) is 0 Å². The Bertz CT molecular complexity index is 579. The van der Waals surface area contributed by atoms with Gasteiger partial charge in [0.25, 0.3) is 0 Å². The van der Waals surface area contributed by atoms with Crippen LogP contribution >= 0.6 is 0 Å². The Kier molecular flexibility index (Phi) is 3.30. The fourth-order valence-corrected chi connectivity index (χ4v) is 3.13. The zero-order chi connectivity index (χ0) is 14.1. The number of amides is 1. The third-order valence-corrected chi connectivity index (χ3v) is 4.22. The molecule has 0 aromatic heterocycles. The molecule has 0 saturated carbocycles. The summed E-state index contributed by atoms with van der Waals surface area (Å²) in [5.41, 5.74) is 2.11. The summed E-state index contributed by atoms with van der Waals surface area (Å²) >= 11 is 0. The van der Waals surface area contributed by atoms with Crippen molar-refractivity contribution in [3.8, 4) is 0 Å². The van der Waals surface area contributed by atoms with E-state index in [1.807, 2.05) is 36.4 Å². The smallest absolute Gasteiger partial charge is 0.307 e. The largest absolute Gasteiger partial charge is 0.481 e. The molecule has 0 radical (unpaired) electrons. The Labute approximate surface area is 117 Å². The minimum atomic E-state index is -0.875. The molecule has 4 heteroatoms. The number of hydrogen-bond acceptors (Lipinski definition) is 2. The van der Waals surface area contributed by atoms with Crippen molar-refractivity contribution < 1.29 is 14.7 Å². The van der Waals surface area contributed by atoms with E-state index in [2.05, 4.69) is 0 Å². The quantitative estimate of drug-likeness (QED) is 0.839. The molecule has 2 atom stereocenters. The number of carbonyl (C=O) groups is 2. The summed E-state index contributed by atoms with van der Waals surface area (Å²) in [7, 11) is 0. The first kappa shape index (κ1) is 12.9. The maximum absolute atomic E-state index is 12.7. The van der Waals surface area contributed by atoms with Crippen molar-refractivity contribution >= 4 is 17.6 Å². The SMILES string of the molecule is O=C(O)[C@@H]1CC=CC[C@H]1C(=O)N1CCc2ccccc21. The van der Waals surface area contributed by atoms with Crippen LogP contribution in [0, 0.1) is 11.8 Å². The van der Waals surface area contributed by atoms with E-state index in [4.69, 9.17) is 0 Å². The highest BCUT2D eigenvalue weighted by atomic mass is 16.4. The fraction of sp³-hybridized carbons (Fsp3) is 0.375. The number of aliphatic carboxylic acids is 1. The van der Waals surface area contributed by atoms with Gasteiger partial charge in [0, 0.05) is 12.2 Å². The molecule has 104 valence electrons. The maximum Gasteiger partial charge on any atom is 0.307 e. The molecule has 1 aromatic carbocycles. The first-order chi connectivity index (χ1) is 9.68. The predicted molar refractivity (Wildman–Crippen MR) is 75.5 cm³/mol. The van der Waals surface area contributed by atoms with E-state index in [0.29, 0.717) is 19.4 Å². The molecule has 0 spiro atoms. The van der Waals surface area contributed by atoms with Gasteiger partial charge in [-0.3, -0.25) is 9.59 Å². The standard InChI is InChI=1S/C16H17NO3/c18-15(12-6-2-3-7-13(12)16(19)20)17-10-9-11-5-1-4-8-14(11)17/h1-5,8,12-13H,6-7,9-10H2,(H,19,20)/t12-,13-/m1/s1. The topological polar surface area (TPSA) is 57.6 Å². The van der Waals surface area contributed by atoms with E-state index in [1.54, 1.807) is 4.90 Å². The van der Waals surface area contributed by atoms with Crippen molar-refractivity contribution in [3.63, 3.8) is 0 Å². The number of rotatable bonds is 2. The van der Waals surface area contributed by atoms with Crippen molar-refractivity contribution in [2.75, 3.05) is 11.4 Å². The van der Waals surface area contributed by atoms with Gasteiger partial charge in [0.15, 0.2) is 0 Å². The van der Waals surface area contributed by atoms with Crippen LogP contribution < -0.4 is 4.90 Å². The van der Waals surface area contributed by atoms with Crippen molar-refractivity contribution in [1.82, 2.24) is 0 Å². The van der Waals surface area contributed by atoms with Crippen LogP contribution in [0.1, 0.15) is 18.4 Å². The lowest BCUT2D eigenvalue weighted by molar-refractivity contribution is -0.146. The average molecular weight is 271 g/mol. The number of carboxylic acids is 1. The van der Waals surface area contributed by atoms with Crippen LogP contribution in [0.25, 0.3) is 0 Å². The Morgan fingerprint density at radius 2 is 1.80 bits per heavy atom. The van der Waals surface area contributed by atoms with Crippen molar-refractivity contribution in [2.24, 2.45) is 11.8 Å². The van der Waals surface area contributed by atoms with Gasteiger partial charge in [0.05, 0.1) is 11.8 Å².